The number of aromatic amines is 1. The predicted octanol–water partition coefficient (Wildman–Crippen LogP) is 5.25. The number of aromatic nitrogens is 1. The van der Waals surface area contributed by atoms with Crippen LogP contribution in [0.3, 0.4) is 0 Å². The van der Waals surface area contributed by atoms with Gasteiger partial charge in [0.1, 0.15) is 10.7 Å². The van der Waals surface area contributed by atoms with Gasteiger partial charge in [-0.2, -0.15) is 0 Å². The zero-order valence-corrected chi connectivity index (χ0v) is 21.6. The number of fused-ring (bicyclic) bond motifs is 1. The maximum atomic E-state index is 15.0. The Morgan fingerprint density at radius 3 is 2.64 bits per heavy atom. The van der Waals surface area contributed by atoms with E-state index in [0.717, 1.165) is 35.1 Å². The Bertz CT molecular complexity index is 1430. The van der Waals surface area contributed by atoms with Crippen LogP contribution in [0.2, 0.25) is 0 Å². The molecule has 1 aliphatic rings. The van der Waals surface area contributed by atoms with Gasteiger partial charge in [0.15, 0.2) is 0 Å². The van der Waals surface area contributed by atoms with Crippen molar-refractivity contribution >= 4 is 57.8 Å². The van der Waals surface area contributed by atoms with Gasteiger partial charge in [-0.3, -0.25) is 9.52 Å². The quantitative estimate of drug-likeness (QED) is 0.404. The molecule has 4 rings (SSSR count). The number of anilines is 1. The van der Waals surface area contributed by atoms with Gasteiger partial charge in [0, 0.05) is 27.3 Å². The Hall–Kier alpha value is -2.53. The SMILES string of the molecule is C=IC1=C(C)CCN(C(=O)c2ccc(S(=O)(=O)Nc3ccc(C)c4c(C)c[nH]c34)c(F)c2)C1. The van der Waals surface area contributed by atoms with Gasteiger partial charge in [-0.25, -0.2) is 12.8 Å². The number of halogens is 2. The van der Waals surface area contributed by atoms with Gasteiger partial charge in [0.05, 0.1) is 17.7 Å². The molecule has 0 saturated heterocycles. The summed E-state index contributed by atoms with van der Waals surface area (Å²) in [4.78, 5) is 17.2. The van der Waals surface area contributed by atoms with Crippen LogP contribution in [-0.4, -0.2) is 41.8 Å². The van der Waals surface area contributed by atoms with Crippen LogP contribution in [0.15, 0.2) is 50.6 Å². The van der Waals surface area contributed by atoms with E-state index in [1.54, 1.807) is 17.2 Å². The van der Waals surface area contributed by atoms with E-state index in [-0.39, 0.29) is 32.2 Å². The number of H-pyrrole nitrogens is 1. The maximum Gasteiger partial charge on any atom is 0.264 e. The maximum absolute atomic E-state index is 15.0. The van der Waals surface area contributed by atoms with Crippen LogP contribution in [-0.2, 0) is 10.0 Å². The van der Waals surface area contributed by atoms with Gasteiger partial charge < -0.3 is 9.88 Å². The first kappa shape index (κ1) is 23.6. The number of hydrogen-bond acceptors (Lipinski definition) is 3. The fraction of sp³-hybridized carbons (Fsp3) is 0.250. The minimum atomic E-state index is -4.21. The summed E-state index contributed by atoms with van der Waals surface area (Å²) in [6.45, 7) is 6.99. The van der Waals surface area contributed by atoms with Crippen molar-refractivity contribution in [3.05, 3.63) is 68.2 Å². The molecule has 0 atom stereocenters. The van der Waals surface area contributed by atoms with Crippen LogP contribution in [0, 0.1) is 19.7 Å². The summed E-state index contributed by atoms with van der Waals surface area (Å²) >= 11 is -0.372. The third kappa shape index (κ3) is 4.48. The molecule has 33 heavy (non-hydrogen) atoms. The fourth-order valence-corrected chi connectivity index (χ4v) is 6.79. The van der Waals surface area contributed by atoms with Crippen LogP contribution in [0.5, 0.6) is 0 Å². The van der Waals surface area contributed by atoms with E-state index < -0.39 is 20.7 Å². The lowest BCUT2D eigenvalue weighted by molar-refractivity contribution is 0.0767. The van der Waals surface area contributed by atoms with Gasteiger partial charge >= 0.3 is 0 Å². The second kappa shape index (κ2) is 9.02. The lowest BCUT2D eigenvalue weighted by atomic mass is 10.1. The molecule has 0 aliphatic carbocycles. The van der Waals surface area contributed by atoms with E-state index in [1.807, 2.05) is 19.9 Å². The molecule has 2 aromatic carbocycles. The van der Waals surface area contributed by atoms with E-state index in [9.17, 15) is 17.6 Å². The van der Waals surface area contributed by atoms with Crippen LogP contribution >= 0.6 is 20.7 Å². The lowest BCUT2D eigenvalue weighted by Crippen LogP contribution is -2.36. The minimum absolute atomic E-state index is 0.130. The van der Waals surface area contributed by atoms with Gasteiger partial charge in [-0.05, 0) is 62.6 Å². The van der Waals surface area contributed by atoms with E-state index in [1.165, 1.54) is 15.2 Å². The topological polar surface area (TPSA) is 82.3 Å². The summed E-state index contributed by atoms with van der Waals surface area (Å²) in [7, 11) is -4.21. The van der Waals surface area contributed by atoms with E-state index in [4.69, 9.17) is 0 Å². The van der Waals surface area contributed by atoms with Crippen LogP contribution in [0.25, 0.3) is 10.9 Å². The summed E-state index contributed by atoms with van der Waals surface area (Å²) in [5.74, 6) is -1.27. The number of hydrogen-bond donors (Lipinski definition) is 2. The van der Waals surface area contributed by atoms with Gasteiger partial charge in [0.25, 0.3) is 15.9 Å². The molecule has 2 N–H and O–H groups in total. The molecule has 1 aromatic heterocycles. The number of aryl methyl sites for hydroxylation is 2. The summed E-state index contributed by atoms with van der Waals surface area (Å²) in [6, 6.07) is 6.99. The normalized spacial score (nSPS) is 14.7. The second-order valence-electron chi connectivity index (χ2n) is 8.20. The standard InChI is InChI=1S/C24H25FIN3O3S/c1-14-9-10-29(13-19(14)26-4)24(30)17-6-8-21(18(25)11-17)33(31,32)28-20-7-5-15(2)22-16(3)12-27-23(20)22/h5-8,11-12,27-28H,4,9-10,13H2,1-3H3. The Kier molecular flexibility index (Phi) is 6.45. The zero-order valence-electron chi connectivity index (χ0n) is 18.6. The number of sulfonamides is 1. The molecule has 1 aliphatic heterocycles. The first-order chi connectivity index (χ1) is 15.6. The average molecular weight is 581 g/mol. The number of carbonyl (C=O) groups is 1. The molecule has 0 spiro atoms. The van der Waals surface area contributed by atoms with Crippen LogP contribution in [0.4, 0.5) is 10.1 Å². The first-order valence-electron chi connectivity index (χ1n) is 10.4. The molecule has 2 heterocycles. The molecule has 0 fully saturated rings. The van der Waals surface area contributed by atoms with Crippen molar-refractivity contribution in [1.29, 1.82) is 0 Å². The molecule has 6 nitrogen and oxygen atoms in total. The van der Waals surface area contributed by atoms with E-state index >= 15 is 0 Å². The third-order valence-electron chi connectivity index (χ3n) is 5.95. The van der Waals surface area contributed by atoms with Crippen molar-refractivity contribution in [3.8, 4) is 0 Å². The Morgan fingerprint density at radius 1 is 1.18 bits per heavy atom. The van der Waals surface area contributed by atoms with Crippen molar-refractivity contribution in [2.24, 2.45) is 0 Å². The Balaban J connectivity index is 1.61. The monoisotopic (exact) mass is 581 g/mol. The highest BCUT2D eigenvalue weighted by Gasteiger charge is 2.25. The number of benzene rings is 2. The van der Waals surface area contributed by atoms with Gasteiger partial charge in [0.2, 0.25) is 0 Å². The number of nitrogens with one attached hydrogen (secondary N) is 2. The number of carbonyl (C=O) groups excluding carboxylic acids is 1. The van der Waals surface area contributed by atoms with Crippen molar-refractivity contribution in [3.63, 3.8) is 0 Å². The second-order valence-corrected chi connectivity index (χ2v) is 11.9. The van der Waals surface area contributed by atoms with Gasteiger partial charge in [-0.1, -0.05) is 36.9 Å². The molecule has 0 radical (unpaired) electrons. The Morgan fingerprint density at radius 2 is 1.94 bits per heavy atom. The molecule has 3 aromatic rings. The van der Waals surface area contributed by atoms with Crippen molar-refractivity contribution < 1.29 is 17.6 Å². The average Bonchev–Trinajstić information content (AvgIpc) is 3.18. The number of amides is 1. The molecule has 174 valence electrons. The summed E-state index contributed by atoms with van der Waals surface area (Å²) in [6.07, 6.45) is 2.58. The molecule has 9 heteroatoms. The molecular formula is C24H25FIN3O3S. The van der Waals surface area contributed by atoms with Crippen molar-refractivity contribution in [2.45, 2.75) is 32.1 Å². The highest BCUT2D eigenvalue weighted by molar-refractivity contribution is 14.2. The third-order valence-corrected chi connectivity index (χ3v) is 9.53. The van der Waals surface area contributed by atoms with E-state index in [0.29, 0.717) is 24.3 Å². The summed E-state index contributed by atoms with van der Waals surface area (Å²) < 4.78 is 48.6. The summed E-state index contributed by atoms with van der Waals surface area (Å²) in [5.41, 5.74) is 4.38. The van der Waals surface area contributed by atoms with Crippen molar-refractivity contribution in [1.82, 2.24) is 9.88 Å². The molecular weight excluding hydrogens is 556 g/mol. The molecule has 0 saturated carbocycles. The lowest BCUT2D eigenvalue weighted by Gasteiger charge is -2.28. The van der Waals surface area contributed by atoms with Crippen molar-refractivity contribution in [2.75, 3.05) is 17.8 Å². The largest absolute Gasteiger partial charge is 0.359 e. The van der Waals surface area contributed by atoms with E-state index in [2.05, 4.69) is 21.1 Å². The highest BCUT2D eigenvalue weighted by atomic mass is 127. The van der Waals surface area contributed by atoms with Crippen LogP contribution in [0.1, 0.15) is 34.8 Å². The highest BCUT2D eigenvalue weighted by Crippen LogP contribution is 2.31. The smallest absolute Gasteiger partial charge is 0.264 e. The fourth-order valence-electron chi connectivity index (χ4n) is 4.09. The summed E-state index contributed by atoms with van der Waals surface area (Å²) in [5, 5.41) is 0.923. The van der Waals surface area contributed by atoms with Gasteiger partial charge in [-0.15, -0.1) is 0 Å². The Labute approximate surface area is 202 Å². The molecule has 1 amide bonds. The predicted molar refractivity (Wildman–Crippen MR) is 139 cm³/mol. The molecule has 0 bridgehead atoms. The minimum Gasteiger partial charge on any atom is -0.359 e. The first-order valence-corrected chi connectivity index (χ1v) is 14.5. The zero-order chi connectivity index (χ0) is 23.9. The molecule has 0 unspecified atom stereocenters. The van der Waals surface area contributed by atoms with Crippen LogP contribution < -0.4 is 4.72 Å². The number of nitrogens with zero attached hydrogens (tertiary/aromatic N) is 1. The number of rotatable bonds is 5.